The topological polar surface area (TPSA) is 137 Å². The van der Waals surface area contributed by atoms with E-state index in [1.165, 1.54) is 0 Å². The number of nitrogens with zero attached hydrogens (tertiary/aromatic N) is 2. The standard InChI is InChI=1S/C32H38N4O6S/c1-16-17(2)27(16)34-19(4)31(40)41-14-24(37)21-9-7-20(8-10-21)22-11-12-23(29-28(22)35-43-36-29)25(38)15-42-30(39)18(3)33-26-13-32(26,5)6/h7-12,16-19,26-27,33-34H,13-15H2,1-6H3. The predicted molar refractivity (Wildman–Crippen MR) is 163 cm³/mol. The van der Waals surface area contributed by atoms with Crippen LogP contribution in [-0.2, 0) is 19.1 Å². The number of ketones is 2. The fraction of sp³-hybridized carbons (Fsp3) is 0.500. The van der Waals surface area contributed by atoms with E-state index in [2.05, 4.69) is 47.1 Å². The van der Waals surface area contributed by atoms with Crippen molar-refractivity contribution in [3.63, 3.8) is 0 Å². The third kappa shape index (κ3) is 6.84. The van der Waals surface area contributed by atoms with Gasteiger partial charge in [-0.2, -0.15) is 8.75 Å². The highest BCUT2D eigenvalue weighted by Crippen LogP contribution is 2.44. The summed E-state index contributed by atoms with van der Waals surface area (Å²) in [5.41, 5.74) is 3.41. The maximum atomic E-state index is 13.0. The van der Waals surface area contributed by atoms with E-state index in [1.54, 1.807) is 50.2 Å². The van der Waals surface area contributed by atoms with Crippen molar-refractivity contribution in [3.8, 4) is 11.1 Å². The molecule has 0 bridgehead atoms. The predicted octanol–water partition coefficient (Wildman–Crippen LogP) is 4.22. The van der Waals surface area contributed by atoms with Crippen LogP contribution in [0, 0.1) is 17.3 Å². The Morgan fingerprint density at radius 2 is 1.42 bits per heavy atom. The lowest BCUT2D eigenvalue weighted by Crippen LogP contribution is -2.38. The Balaban J connectivity index is 1.18. The molecule has 228 valence electrons. The van der Waals surface area contributed by atoms with Crippen molar-refractivity contribution in [3.05, 3.63) is 47.5 Å². The zero-order valence-electron chi connectivity index (χ0n) is 25.3. The number of hydrogen-bond donors (Lipinski definition) is 2. The molecule has 2 saturated carbocycles. The average Bonchev–Trinajstić information content (AvgIpc) is 3.63. The molecule has 2 aliphatic carbocycles. The molecule has 5 unspecified atom stereocenters. The molecule has 2 N–H and O–H groups in total. The van der Waals surface area contributed by atoms with Crippen molar-refractivity contribution < 1.29 is 28.7 Å². The van der Waals surface area contributed by atoms with Gasteiger partial charge in [0.1, 0.15) is 23.1 Å². The first kappa shape index (κ1) is 30.9. The van der Waals surface area contributed by atoms with Gasteiger partial charge in [-0.1, -0.05) is 58.0 Å². The van der Waals surface area contributed by atoms with Crippen LogP contribution in [0.1, 0.15) is 68.7 Å². The smallest absolute Gasteiger partial charge is 0.323 e. The van der Waals surface area contributed by atoms with Gasteiger partial charge in [0.25, 0.3) is 0 Å². The molecule has 0 radical (unpaired) electrons. The highest BCUT2D eigenvalue weighted by molar-refractivity contribution is 7.00. The number of hydrogen-bond acceptors (Lipinski definition) is 11. The molecular formula is C32H38N4O6S. The monoisotopic (exact) mass is 606 g/mol. The minimum Gasteiger partial charge on any atom is -0.456 e. The first-order valence-corrected chi connectivity index (χ1v) is 15.4. The summed E-state index contributed by atoms with van der Waals surface area (Å²) in [5, 5.41) is 6.49. The summed E-state index contributed by atoms with van der Waals surface area (Å²) in [7, 11) is 0. The van der Waals surface area contributed by atoms with Gasteiger partial charge in [-0.25, -0.2) is 0 Å². The Bertz CT molecular complexity index is 1540. The van der Waals surface area contributed by atoms with Crippen molar-refractivity contribution >= 4 is 46.3 Å². The molecular weight excluding hydrogens is 568 g/mol. The maximum Gasteiger partial charge on any atom is 0.323 e. The third-order valence-electron chi connectivity index (χ3n) is 8.86. The summed E-state index contributed by atoms with van der Waals surface area (Å²) >= 11 is 0.986. The highest BCUT2D eigenvalue weighted by atomic mass is 32.1. The van der Waals surface area contributed by atoms with Gasteiger partial charge in [-0.05, 0) is 49.1 Å². The molecule has 3 aromatic rings. The number of aromatic nitrogens is 2. The minimum absolute atomic E-state index is 0.170. The SMILES string of the molecule is CC(NC1C(C)C1C)C(=O)OCC(=O)c1ccc(-c2ccc(C(=O)COC(=O)C(C)NC3CC3(C)C)c3nsnc23)cc1. The van der Waals surface area contributed by atoms with Gasteiger partial charge >= 0.3 is 11.9 Å². The van der Waals surface area contributed by atoms with E-state index in [1.807, 2.05) is 0 Å². The highest BCUT2D eigenvalue weighted by Gasteiger charge is 2.46. The number of nitrogens with one attached hydrogen (secondary N) is 2. The van der Waals surface area contributed by atoms with Crippen molar-refractivity contribution in [2.75, 3.05) is 13.2 Å². The summed E-state index contributed by atoms with van der Waals surface area (Å²) < 4.78 is 19.3. The Hall–Kier alpha value is -3.54. The molecule has 0 saturated heterocycles. The number of carbonyl (C=O) groups excluding carboxylic acids is 4. The number of esters is 2. The van der Waals surface area contributed by atoms with Crippen molar-refractivity contribution in [2.45, 2.75) is 72.1 Å². The summed E-state index contributed by atoms with van der Waals surface area (Å²) in [6, 6.07) is 9.89. The molecule has 0 aliphatic heterocycles. The lowest BCUT2D eigenvalue weighted by Gasteiger charge is -2.14. The zero-order chi connectivity index (χ0) is 31.1. The summed E-state index contributed by atoms with van der Waals surface area (Å²) in [4.78, 5) is 50.4. The van der Waals surface area contributed by atoms with Gasteiger partial charge in [-0.15, -0.1) is 0 Å². The largest absolute Gasteiger partial charge is 0.456 e. The second-order valence-electron chi connectivity index (χ2n) is 12.5. The molecule has 5 rings (SSSR count). The van der Waals surface area contributed by atoms with E-state index in [0.29, 0.717) is 40.0 Å². The maximum absolute atomic E-state index is 13.0. The normalized spacial score (nSPS) is 23.3. The van der Waals surface area contributed by atoms with E-state index in [0.717, 1.165) is 29.3 Å². The van der Waals surface area contributed by atoms with Crippen LogP contribution in [0.2, 0.25) is 0 Å². The quantitative estimate of drug-likeness (QED) is 0.215. The molecule has 0 amide bonds. The molecule has 2 aliphatic rings. The van der Waals surface area contributed by atoms with Crippen LogP contribution in [0.3, 0.4) is 0 Å². The summed E-state index contributed by atoms with van der Waals surface area (Å²) in [6.45, 7) is 11.3. The molecule has 43 heavy (non-hydrogen) atoms. The molecule has 1 heterocycles. The van der Waals surface area contributed by atoms with Gasteiger partial charge in [-0.3, -0.25) is 19.2 Å². The molecule has 1 aromatic heterocycles. The van der Waals surface area contributed by atoms with Crippen LogP contribution < -0.4 is 10.6 Å². The van der Waals surface area contributed by atoms with Gasteiger partial charge in [0.05, 0.1) is 17.3 Å². The van der Waals surface area contributed by atoms with Crippen molar-refractivity contribution in [1.82, 2.24) is 19.4 Å². The lowest BCUT2D eigenvalue weighted by atomic mass is 9.98. The Morgan fingerprint density at radius 3 is 2.00 bits per heavy atom. The number of ether oxygens (including phenoxy) is 2. The van der Waals surface area contributed by atoms with Gasteiger partial charge in [0.2, 0.25) is 5.78 Å². The van der Waals surface area contributed by atoms with Crippen LogP contribution in [0.25, 0.3) is 22.2 Å². The van der Waals surface area contributed by atoms with Crippen molar-refractivity contribution in [1.29, 1.82) is 0 Å². The molecule has 5 atom stereocenters. The zero-order valence-corrected chi connectivity index (χ0v) is 26.1. The van der Waals surface area contributed by atoms with Crippen LogP contribution in [0.5, 0.6) is 0 Å². The second kappa shape index (κ2) is 12.2. The first-order valence-electron chi connectivity index (χ1n) is 14.6. The van der Waals surface area contributed by atoms with Gasteiger partial charge < -0.3 is 20.1 Å². The van der Waals surface area contributed by atoms with E-state index in [9.17, 15) is 19.2 Å². The molecule has 2 fully saturated rings. The van der Waals surface area contributed by atoms with Crippen LogP contribution in [-0.4, -0.2) is 69.6 Å². The Morgan fingerprint density at radius 1 is 0.860 bits per heavy atom. The lowest BCUT2D eigenvalue weighted by molar-refractivity contribution is -0.145. The minimum atomic E-state index is -0.509. The second-order valence-corrected chi connectivity index (χ2v) is 13.1. The molecule has 10 nitrogen and oxygen atoms in total. The Labute approximate surface area is 255 Å². The van der Waals surface area contributed by atoms with Gasteiger partial charge in [0, 0.05) is 23.2 Å². The first-order chi connectivity index (χ1) is 20.4. The number of rotatable bonds is 13. The number of benzene rings is 2. The number of Topliss-reactive ketones (excluding diaryl/α,β-unsaturated/α-hetero) is 2. The van der Waals surface area contributed by atoms with Crippen LogP contribution in [0.4, 0.5) is 0 Å². The van der Waals surface area contributed by atoms with Gasteiger partial charge in [0.15, 0.2) is 19.0 Å². The fourth-order valence-corrected chi connectivity index (χ4v) is 5.86. The third-order valence-corrected chi connectivity index (χ3v) is 9.39. The Kier molecular flexibility index (Phi) is 8.78. The molecule has 2 aromatic carbocycles. The van der Waals surface area contributed by atoms with Crippen LogP contribution >= 0.6 is 11.7 Å². The van der Waals surface area contributed by atoms with Crippen LogP contribution in [0.15, 0.2) is 36.4 Å². The molecule has 0 spiro atoms. The fourth-order valence-electron chi connectivity index (χ4n) is 5.29. The summed E-state index contributed by atoms with van der Waals surface area (Å²) in [5.74, 6) is -0.547. The van der Waals surface area contributed by atoms with Crippen molar-refractivity contribution in [2.24, 2.45) is 17.3 Å². The molecule has 11 heteroatoms. The van der Waals surface area contributed by atoms with E-state index in [4.69, 9.17) is 9.47 Å². The van der Waals surface area contributed by atoms with E-state index in [-0.39, 0.29) is 36.2 Å². The van der Waals surface area contributed by atoms with E-state index >= 15 is 0 Å². The van der Waals surface area contributed by atoms with E-state index < -0.39 is 24.0 Å². The number of carbonyl (C=O) groups is 4. The summed E-state index contributed by atoms with van der Waals surface area (Å²) in [6.07, 6.45) is 0.996. The average molecular weight is 607 g/mol. The number of fused-ring (bicyclic) bond motifs is 1.